The summed E-state index contributed by atoms with van der Waals surface area (Å²) in [6.45, 7) is 7.35. The second kappa shape index (κ2) is 6.46. The van der Waals surface area contributed by atoms with E-state index in [4.69, 9.17) is 0 Å². The number of pyridine rings is 1. The van der Waals surface area contributed by atoms with Crippen LogP contribution in [0, 0.1) is 5.95 Å². The van der Waals surface area contributed by atoms with Crippen LogP contribution in [0.4, 0.5) is 10.2 Å². The molecule has 0 atom stereocenters. The molecule has 0 saturated heterocycles. The quantitative estimate of drug-likeness (QED) is 0.542. The molecule has 90 valence electrons. The van der Waals surface area contributed by atoms with Crippen molar-refractivity contribution in [2.24, 2.45) is 0 Å². The van der Waals surface area contributed by atoms with Gasteiger partial charge >= 0.3 is 0 Å². The van der Waals surface area contributed by atoms with Gasteiger partial charge in [0.2, 0.25) is 5.95 Å². The standard InChI is InChI=1S/C13H21FN2/c1-4-5-6-10-16(11(2)3)13-9-7-8-12(14)15-13/h7-9,11H,4-6,10H2,1-3H3. The van der Waals surface area contributed by atoms with Crippen molar-refractivity contribution in [3.63, 3.8) is 0 Å². The van der Waals surface area contributed by atoms with Gasteiger partial charge in [0.25, 0.3) is 0 Å². The van der Waals surface area contributed by atoms with Crippen LogP contribution in [0.3, 0.4) is 0 Å². The fourth-order valence-electron chi connectivity index (χ4n) is 1.73. The smallest absolute Gasteiger partial charge is 0.214 e. The molecule has 0 unspecified atom stereocenters. The second-order valence-corrected chi connectivity index (χ2v) is 4.31. The zero-order valence-corrected chi connectivity index (χ0v) is 10.4. The van der Waals surface area contributed by atoms with Gasteiger partial charge < -0.3 is 4.90 Å². The van der Waals surface area contributed by atoms with E-state index >= 15 is 0 Å². The molecule has 0 bridgehead atoms. The van der Waals surface area contributed by atoms with Crippen LogP contribution in [0.25, 0.3) is 0 Å². The third-order valence-electron chi connectivity index (χ3n) is 2.62. The SMILES string of the molecule is CCCCCN(c1cccc(F)n1)C(C)C. The molecule has 1 heterocycles. The number of hydrogen-bond donors (Lipinski definition) is 0. The van der Waals surface area contributed by atoms with Crippen molar-refractivity contribution >= 4 is 5.82 Å². The summed E-state index contributed by atoms with van der Waals surface area (Å²) in [4.78, 5) is 6.08. The molecule has 0 N–H and O–H groups in total. The van der Waals surface area contributed by atoms with E-state index in [1.807, 2.05) is 6.07 Å². The highest BCUT2D eigenvalue weighted by Gasteiger charge is 2.11. The third kappa shape index (κ3) is 3.80. The molecule has 0 amide bonds. The minimum atomic E-state index is -0.404. The van der Waals surface area contributed by atoms with Gasteiger partial charge in [0.05, 0.1) is 0 Å². The van der Waals surface area contributed by atoms with Gasteiger partial charge in [-0.1, -0.05) is 25.8 Å². The minimum Gasteiger partial charge on any atom is -0.354 e. The number of unbranched alkanes of at least 4 members (excludes halogenated alkanes) is 2. The summed E-state index contributed by atoms with van der Waals surface area (Å²) in [6.07, 6.45) is 3.54. The molecule has 0 aliphatic rings. The Bertz CT molecular complexity index is 313. The first-order valence-electron chi connectivity index (χ1n) is 6.04. The number of nitrogens with zero attached hydrogens (tertiary/aromatic N) is 2. The normalized spacial score (nSPS) is 10.8. The van der Waals surface area contributed by atoms with E-state index in [2.05, 4.69) is 30.7 Å². The zero-order chi connectivity index (χ0) is 12.0. The molecule has 1 aromatic heterocycles. The van der Waals surface area contributed by atoms with Gasteiger partial charge in [-0.2, -0.15) is 4.39 Å². The Morgan fingerprint density at radius 2 is 2.06 bits per heavy atom. The van der Waals surface area contributed by atoms with Crippen molar-refractivity contribution in [1.29, 1.82) is 0 Å². The van der Waals surface area contributed by atoms with Crippen LogP contribution in [0.5, 0.6) is 0 Å². The van der Waals surface area contributed by atoms with Crippen LogP contribution < -0.4 is 4.90 Å². The molecule has 3 heteroatoms. The molecule has 0 saturated carbocycles. The Morgan fingerprint density at radius 1 is 1.31 bits per heavy atom. The van der Waals surface area contributed by atoms with Gasteiger partial charge in [-0.15, -0.1) is 0 Å². The number of aromatic nitrogens is 1. The maximum absolute atomic E-state index is 13.0. The Kier molecular flexibility index (Phi) is 5.23. The highest BCUT2D eigenvalue weighted by molar-refractivity contribution is 5.38. The fourth-order valence-corrected chi connectivity index (χ4v) is 1.73. The van der Waals surface area contributed by atoms with E-state index in [0.717, 1.165) is 18.8 Å². The first-order valence-corrected chi connectivity index (χ1v) is 6.04. The predicted octanol–water partition coefficient (Wildman–Crippen LogP) is 3.63. The summed E-state index contributed by atoms with van der Waals surface area (Å²) in [6, 6.07) is 5.32. The molecule has 1 rings (SSSR count). The molecule has 0 radical (unpaired) electrons. The van der Waals surface area contributed by atoms with Crippen LogP contribution in [0.2, 0.25) is 0 Å². The Morgan fingerprint density at radius 3 is 2.62 bits per heavy atom. The molecule has 16 heavy (non-hydrogen) atoms. The average molecular weight is 224 g/mol. The van der Waals surface area contributed by atoms with Crippen molar-refractivity contribution in [3.05, 3.63) is 24.1 Å². The molecule has 1 aromatic rings. The number of anilines is 1. The average Bonchev–Trinajstić information content (AvgIpc) is 2.24. The number of rotatable bonds is 6. The van der Waals surface area contributed by atoms with Crippen LogP contribution >= 0.6 is 0 Å². The van der Waals surface area contributed by atoms with Crippen LogP contribution in [-0.2, 0) is 0 Å². The molecule has 0 aromatic carbocycles. The molecule has 2 nitrogen and oxygen atoms in total. The molecular weight excluding hydrogens is 203 g/mol. The van der Waals surface area contributed by atoms with Gasteiger partial charge in [0.15, 0.2) is 0 Å². The van der Waals surface area contributed by atoms with Crippen LogP contribution in [0.15, 0.2) is 18.2 Å². The van der Waals surface area contributed by atoms with E-state index in [-0.39, 0.29) is 0 Å². The van der Waals surface area contributed by atoms with Crippen molar-refractivity contribution in [3.8, 4) is 0 Å². The van der Waals surface area contributed by atoms with E-state index in [1.165, 1.54) is 18.9 Å². The lowest BCUT2D eigenvalue weighted by atomic mass is 10.2. The maximum Gasteiger partial charge on any atom is 0.214 e. The van der Waals surface area contributed by atoms with Gasteiger partial charge in [-0.3, -0.25) is 0 Å². The van der Waals surface area contributed by atoms with Crippen LogP contribution in [0.1, 0.15) is 40.0 Å². The van der Waals surface area contributed by atoms with Gasteiger partial charge in [-0.05, 0) is 32.4 Å². The second-order valence-electron chi connectivity index (χ2n) is 4.31. The maximum atomic E-state index is 13.0. The fraction of sp³-hybridized carbons (Fsp3) is 0.615. The minimum absolute atomic E-state index is 0.353. The van der Waals surface area contributed by atoms with Gasteiger partial charge in [0, 0.05) is 12.6 Å². The predicted molar refractivity (Wildman–Crippen MR) is 66.2 cm³/mol. The number of halogens is 1. The Labute approximate surface area is 97.5 Å². The summed E-state index contributed by atoms with van der Waals surface area (Å²) in [5, 5.41) is 0. The molecule has 0 aliphatic heterocycles. The summed E-state index contributed by atoms with van der Waals surface area (Å²) in [5.74, 6) is 0.338. The lowest BCUT2D eigenvalue weighted by molar-refractivity contribution is 0.569. The largest absolute Gasteiger partial charge is 0.354 e. The third-order valence-corrected chi connectivity index (χ3v) is 2.62. The topological polar surface area (TPSA) is 16.1 Å². The van der Waals surface area contributed by atoms with Crippen LogP contribution in [-0.4, -0.2) is 17.6 Å². The van der Waals surface area contributed by atoms with Crippen molar-refractivity contribution in [1.82, 2.24) is 4.98 Å². The first-order chi connectivity index (χ1) is 7.65. The van der Waals surface area contributed by atoms with Crippen molar-refractivity contribution in [2.75, 3.05) is 11.4 Å². The van der Waals surface area contributed by atoms with Crippen molar-refractivity contribution < 1.29 is 4.39 Å². The lowest BCUT2D eigenvalue weighted by Crippen LogP contribution is -2.32. The highest BCUT2D eigenvalue weighted by Crippen LogP contribution is 2.15. The Balaban J connectivity index is 2.69. The van der Waals surface area contributed by atoms with E-state index in [0.29, 0.717) is 6.04 Å². The molecular formula is C13H21FN2. The highest BCUT2D eigenvalue weighted by atomic mass is 19.1. The Hall–Kier alpha value is -1.12. The summed E-state index contributed by atoms with van der Waals surface area (Å²) in [7, 11) is 0. The summed E-state index contributed by atoms with van der Waals surface area (Å²) >= 11 is 0. The van der Waals surface area contributed by atoms with Gasteiger partial charge in [0.1, 0.15) is 5.82 Å². The number of hydrogen-bond acceptors (Lipinski definition) is 2. The summed E-state index contributed by atoms with van der Waals surface area (Å²) in [5.41, 5.74) is 0. The molecule has 0 aliphatic carbocycles. The zero-order valence-electron chi connectivity index (χ0n) is 10.4. The molecule has 0 spiro atoms. The molecule has 0 fully saturated rings. The lowest BCUT2D eigenvalue weighted by Gasteiger charge is -2.27. The monoisotopic (exact) mass is 224 g/mol. The first kappa shape index (κ1) is 12.9. The van der Waals surface area contributed by atoms with Gasteiger partial charge in [-0.25, -0.2) is 4.98 Å². The van der Waals surface area contributed by atoms with E-state index in [1.54, 1.807) is 6.07 Å². The summed E-state index contributed by atoms with van der Waals surface area (Å²) < 4.78 is 13.0. The van der Waals surface area contributed by atoms with E-state index < -0.39 is 5.95 Å². The van der Waals surface area contributed by atoms with E-state index in [9.17, 15) is 4.39 Å². The van der Waals surface area contributed by atoms with Crippen molar-refractivity contribution in [2.45, 2.75) is 46.1 Å².